The van der Waals surface area contributed by atoms with Crippen LogP contribution in [0.1, 0.15) is 41.9 Å². The molecule has 0 heterocycles. The van der Waals surface area contributed by atoms with Gasteiger partial charge in [0.1, 0.15) is 0 Å². The minimum Gasteiger partial charge on any atom is -0.423 e. The first-order valence-corrected chi connectivity index (χ1v) is 7.87. The summed E-state index contributed by atoms with van der Waals surface area (Å²) in [6.07, 6.45) is 3.03. The Hall–Kier alpha value is -1.62. The highest BCUT2D eigenvalue weighted by molar-refractivity contribution is 6.59. The Morgan fingerprint density at radius 1 is 1.09 bits per heavy atom. The fraction of sp³-hybridized carbons (Fsp3) is 0.333. The van der Waals surface area contributed by atoms with E-state index in [4.69, 9.17) is 4.74 Å². The number of hydrogen-bond donors (Lipinski definition) is 2. The van der Waals surface area contributed by atoms with Crippen LogP contribution in [0.25, 0.3) is 0 Å². The molecular formula is C18H19BO3. The third kappa shape index (κ3) is 2.10. The van der Waals surface area contributed by atoms with Gasteiger partial charge in [0.25, 0.3) is 0 Å². The van der Waals surface area contributed by atoms with Crippen LogP contribution in [0.2, 0.25) is 0 Å². The molecule has 0 aromatic heterocycles. The number of rotatable bonds is 4. The molecule has 3 nitrogen and oxygen atoms in total. The number of benzene rings is 2. The average Bonchev–Trinajstić information content (AvgIpc) is 3.11. The van der Waals surface area contributed by atoms with Gasteiger partial charge in [0.05, 0.1) is 12.2 Å². The van der Waals surface area contributed by atoms with E-state index in [1.54, 1.807) is 6.07 Å². The Kier molecular flexibility index (Phi) is 3.33. The van der Waals surface area contributed by atoms with E-state index in [2.05, 4.69) is 18.2 Å². The lowest BCUT2D eigenvalue weighted by Gasteiger charge is -2.31. The number of ether oxygens (including phenoxy) is 1. The van der Waals surface area contributed by atoms with E-state index in [9.17, 15) is 10.0 Å². The van der Waals surface area contributed by atoms with Crippen molar-refractivity contribution in [2.75, 3.05) is 0 Å². The van der Waals surface area contributed by atoms with Crippen molar-refractivity contribution >= 4 is 12.6 Å². The van der Waals surface area contributed by atoms with Crippen LogP contribution in [0.15, 0.2) is 48.5 Å². The van der Waals surface area contributed by atoms with Crippen LogP contribution in [0.4, 0.5) is 0 Å². The molecular weight excluding hydrogens is 275 g/mol. The van der Waals surface area contributed by atoms with Crippen molar-refractivity contribution in [1.82, 2.24) is 0 Å². The minimum absolute atomic E-state index is 0.351. The van der Waals surface area contributed by atoms with Gasteiger partial charge in [-0.3, -0.25) is 0 Å². The Labute approximate surface area is 130 Å². The molecule has 2 aliphatic rings. The van der Waals surface area contributed by atoms with E-state index < -0.39 is 7.12 Å². The highest BCUT2D eigenvalue weighted by Crippen LogP contribution is 2.57. The molecule has 2 aromatic carbocycles. The molecule has 0 saturated heterocycles. The first-order chi connectivity index (χ1) is 10.7. The first-order valence-electron chi connectivity index (χ1n) is 7.87. The summed E-state index contributed by atoms with van der Waals surface area (Å²) in [4.78, 5) is 0. The van der Waals surface area contributed by atoms with E-state index >= 15 is 0 Å². The summed E-state index contributed by atoms with van der Waals surface area (Å²) < 4.78 is 6.36. The highest BCUT2D eigenvalue weighted by Gasteiger charge is 2.52. The van der Waals surface area contributed by atoms with Gasteiger partial charge in [-0.2, -0.15) is 0 Å². The lowest BCUT2D eigenvalue weighted by Crippen LogP contribution is -2.40. The van der Waals surface area contributed by atoms with Gasteiger partial charge in [0.15, 0.2) is 0 Å². The molecule has 2 aliphatic carbocycles. The van der Waals surface area contributed by atoms with Gasteiger partial charge < -0.3 is 14.8 Å². The molecule has 2 aromatic rings. The molecule has 0 radical (unpaired) electrons. The Morgan fingerprint density at radius 2 is 1.91 bits per heavy atom. The summed E-state index contributed by atoms with van der Waals surface area (Å²) in [5.74, 6) is 0.490. The van der Waals surface area contributed by atoms with Crippen molar-refractivity contribution in [3.8, 4) is 0 Å². The zero-order valence-corrected chi connectivity index (χ0v) is 12.4. The van der Waals surface area contributed by atoms with Crippen molar-refractivity contribution in [2.45, 2.75) is 37.4 Å². The molecule has 0 aliphatic heterocycles. The Bertz CT molecular complexity index is 686. The maximum Gasteiger partial charge on any atom is 0.488 e. The maximum absolute atomic E-state index is 9.72. The fourth-order valence-electron chi connectivity index (χ4n) is 4.17. The Morgan fingerprint density at radius 3 is 2.68 bits per heavy atom. The monoisotopic (exact) mass is 294 g/mol. The predicted molar refractivity (Wildman–Crippen MR) is 85.8 cm³/mol. The van der Waals surface area contributed by atoms with Crippen molar-refractivity contribution in [3.63, 3.8) is 0 Å². The van der Waals surface area contributed by atoms with E-state index in [1.165, 1.54) is 5.56 Å². The molecule has 1 fully saturated rings. The Balaban J connectivity index is 1.69. The molecule has 2 unspecified atom stereocenters. The van der Waals surface area contributed by atoms with Crippen LogP contribution in [0.5, 0.6) is 0 Å². The summed E-state index contributed by atoms with van der Waals surface area (Å²) in [7, 11) is -1.44. The molecule has 112 valence electrons. The van der Waals surface area contributed by atoms with E-state index in [-0.39, 0.29) is 5.60 Å². The van der Waals surface area contributed by atoms with Crippen LogP contribution in [0.3, 0.4) is 0 Å². The van der Waals surface area contributed by atoms with Crippen LogP contribution in [-0.4, -0.2) is 17.2 Å². The van der Waals surface area contributed by atoms with Crippen molar-refractivity contribution < 1.29 is 14.8 Å². The van der Waals surface area contributed by atoms with Crippen LogP contribution < -0.4 is 5.46 Å². The van der Waals surface area contributed by atoms with Gasteiger partial charge in [0.2, 0.25) is 0 Å². The molecule has 4 rings (SSSR count). The molecule has 2 atom stereocenters. The van der Waals surface area contributed by atoms with Crippen LogP contribution >= 0.6 is 0 Å². The summed E-state index contributed by atoms with van der Waals surface area (Å²) >= 11 is 0. The molecule has 0 amide bonds. The molecule has 0 spiro atoms. The van der Waals surface area contributed by atoms with Crippen LogP contribution in [-0.2, 0) is 16.9 Å². The molecule has 1 saturated carbocycles. The van der Waals surface area contributed by atoms with Crippen molar-refractivity contribution in [2.24, 2.45) is 0 Å². The second-order valence-corrected chi connectivity index (χ2v) is 6.39. The number of fused-ring (bicyclic) bond motifs is 5. The van der Waals surface area contributed by atoms with Gasteiger partial charge in [-0.25, -0.2) is 0 Å². The molecule has 4 heteroatoms. The first kappa shape index (κ1) is 14.0. The van der Waals surface area contributed by atoms with Crippen LogP contribution in [0, 0.1) is 0 Å². The predicted octanol–water partition coefficient (Wildman–Crippen LogP) is 2.06. The van der Waals surface area contributed by atoms with Gasteiger partial charge in [-0.15, -0.1) is 0 Å². The lowest BCUT2D eigenvalue weighted by molar-refractivity contribution is -0.0530. The van der Waals surface area contributed by atoms with E-state index in [0.29, 0.717) is 18.0 Å². The van der Waals surface area contributed by atoms with E-state index in [0.717, 1.165) is 30.4 Å². The summed E-state index contributed by atoms with van der Waals surface area (Å²) in [6, 6.07) is 16.0. The summed E-state index contributed by atoms with van der Waals surface area (Å²) in [5, 5.41) is 19.4. The SMILES string of the molecule is OB(O)c1cccc2c1C1(OCc3ccccc3)CCC2C1. The van der Waals surface area contributed by atoms with Crippen molar-refractivity contribution in [1.29, 1.82) is 0 Å². The van der Waals surface area contributed by atoms with E-state index in [1.807, 2.05) is 24.3 Å². The van der Waals surface area contributed by atoms with Gasteiger partial charge in [0, 0.05) is 0 Å². The minimum atomic E-state index is -1.44. The topological polar surface area (TPSA) is 49.7 Å². The zero-order valence-electron chi connectivity index (χ0n) is 12.4. The maximum atomic E-state index is 9.72. The zero-order chi connectivity index (χ0) is 15.2. The smallest absolute Gasteiger partial charge is 0.423 e. The normalized spacial score (nSPS) is 25.3. The molecule has 22 heavy (non-hydrogen) atoms. The molecule has 2 bridgehead atoms. The fourth-order valence-corrected chi connectivity index (χ4v) is 4.17. The third-order valence-corrected chi connectivity index (χ3v) is 5.13. The largest absolute Gasteiger partial charge is 0.488 e. The summed E-state index contributed by atoms with van der Waals surface area (Å²) in [6.45, 7) is 0.558. The second kappa shape index (κ2) is 5.23. The van der Waals surface area contributed by atoms with Crippen molar-refractivity contribution in [3.05, 3.63) is 65.2 Å². The number of hydrogen-bond acceptors (Lipinski definition) is 3. The quantitative estimate of drug-likeness (QED) is 0.849. The van der Waals surface area contributed by atoms with Gasteiger partial charge in [-0.05, 0) is 47.3 Å². The molecule has 2 N–H and O–H groups in total. The highest BCUT2D eigenvalue weighted by atomic mass is 16.5. The van der Waals surface area contributed by atoms with Gasteiger partial charge >= 0.3 is 7.12 Å². The summed E-state index contributed by atoms with van der Waals surface area (Å²) in [5.41, 5.74) is 3.67. The van der Waals surface area contributed by atoms with Gasteiger partial charge in [-0.1, -0.05) is 48.5 Å². The third-order valence-electron chi connectivity index (χ3n) is 5.13. The lowest BCUT2D eigenvalue weighted by atomic mass is 9.71. The average molecular weight is 294 g/mol. The second-order valence-electron chi connectivity index (χ2n) is 6.39. The standard InChI is InChI=1S/C18H19BO3/c20-19(21)16-8-4-7-15-14-9-10-18(11-14,17(15)16)22-12-13-5-2-1-3-6-13/h1-8,14,20-21H,9-12H2.